The van der Waals surface area contributed by atoms with E-state index in [4.69, 9.17) is 10.1 Å². The van der Waals surface area contributed by atoms with E-state index < -0.39 is 8.07 Å². The van der Waals surface area contributed by atoms with Crippen molar-refractivity contribution in [3.05, 3.63) is 151 Å². The van der Waals surface area contributed by atoms with Crippen LogP contribution >= 0.6 is 0 Å². The van der Waals surface area contributed by atoms with Gasteiger partial charge in [0.15, 0.2) is 5.78 Å². The van der Waals surface area contributed by atoms with Gasteiger partial charge < -0.3 is 10.1 Å². The molecule has 6 aromatic rings. The molecule has 0 saturated heterocycles. The van der Waals surface area contributed by atoms with Gasteiger partial charge in [0.2, 0.25) is 0 Å². The Balaban J connectivity index is 0.000000404. The van der Waals surface area contributed by atoms with E-state index >= 15 is 0 Å². The third-order valence-corrected chi connectivity index (χ3v) is 13.4. The summed E-state index contributed by atoms with van der Waals surface area (Å²) >= 11 is 0. The number of fused-ring (bicyclic) bond motifs is 10. The first-order chi connectivity index (χ1) is 21.5. The number of aromatic nitrogens is 1. The number of aliphatic hydroxyl groups excluding tert-OH is 1. The summed E-state index contributed by atoms with van der Waals surface area (Å²) in [6.45, 7) is 2.85. The van der Waals surface area contributed by atoms with Gasteiger partial charge >= 0.3 is 0 Å². The maximum absolute atomic E-state index is 10.0. The number of allylic oxidation sites excluding steroid dienone is 2. The fourth-order valence-corrected chi connectivity index (χ4v) is 12.3. The maximum Gasteiger partial charge on any atom is 0.155 e. The predicted octanol–water partition coefficient (Wildman–Crippen LogP) is 6.59. The van der Waals surface area contributed by atoms with Crippen LogP contribution in [0.5, 0.6) is 0 Å². The van der Waals surface area contributed by atoms with Gasteiger partial charge in [-0.1, -0.05) is 96.2 Å². The topological polar surface area (TPSA) is 50.2 Å². The van der Waals surface area contributed by atoms with Gasteiger partial charge in [-0.3, -0.25) is 4.79 Å². The van der Waals surface area contributed by atoms with Gasteiger partial charge in [0.05, 0.1) is 5.76 Å². The molecule has 0 unspecified atom stereocenters. The molecule has 2 aliphatic heterocycles. The number of benzene rings is 5. The molecule has 0 saturated carbocycles. The number of carbonyl (C=O) groups is 1. The monoisotopic (exact) mass is 779 g/mol. The van der Waals surface area contributed by atoms with Gasteiger partial charge in [0, 0.05) is 33.3 Å². The van der Waals surface area contributed by atoms with Crippen molar-refractivity contribution in [3.8, 4) is 44.6 Å². The quantitative estimate of drug-likeness (QED) is 0.0955. The van der Waals surface area contributed by atoms with Crippen LogP contribution in [0.15, 0.2) is 145 Å². The van der Waals surface area contributed by atoms with Crippen molar-refractivity contribution in [1.29, 1.82) is 0 Å². The molecule has 2 aliphatic rings. The molecule has 222 valence electrons. The molecule has 45 heavy (non-hydrogen) atoms. The summed E-state index contributed by atoms with van der Waals surface area (Å²) in [7, 11) is -2.49. The Morgan fingerprint density at radius 3 is 1.73 bits per heavy atom. The maximum atomic E-state index is 10.0. The van der Waals surface area contributed by atoms with Crippen LogP contribution in [0.2, 0.25) is 0 Å². The first-order valence-electron chi connectivity index (χ1n) is 14.7. The molecule has 5 aromatic carbocycles. The minimum Gasteiger partial charge on any atom is -0.512 e. The molecule has 0 aliphatic carbocycles. The molecule has 1 aromatic heterocycles. The van der Waals surface area contributed by atoms with Crippen molar-refractivity contribution in [1.82, 2.24) is 4.98 Å². The minimum absolute atomic E-state index is 0. The fraction of sp³-hybridized carbons (Fsp3) is 0.0500. The van der Waals surface area contributed by atoms with Crippen LogP contribution < -0.4 is 20.7 Å². The Morgan fingerprint density at radius 1 is 0.667 bits per heavy atom. The first-order valence-corrected chi connectivity index (χ1v) is 16.7. The molecule has 0 bridgehead atoms. The summed E-state index contributed by atoms with van der Waals surface area (Å²) in [6, 6.07) is 50.2. The van der Waals surface area contributed by atoms with Crippen molar-refractivity contribution in [2.75, 3.05) is 0 Å². The molecule has 0 atom stereocenters. The second-order valence-corrected chi connectivity index (χ2v) is 14.9. The summed E-state index contributed by atoms with van der Waals surface area (Å²) in [5.74, 6) is -0.0625. The molecular formula is C40H30NO2PtSi-. The van der Waals surface area contributed by atoms with Crippen molar-refractivity contribution in [3.63, 3.8) is 0 Å². The van der Waals surface area contributed by atoms with E-state index in [9.17, 15) is 4.79 Å². The number of nitrogens with zero attached hydrogens (tertiary/aromatic N) is 1. The Kier molecular flexibility index (Phi) is 8.37. The SMILES string of the molecule is CC(=O)/C=C(/C)O.[Pt].[c-]1cccc2c1-c1ncccc1[Si]21c2ccc(-c3ccccc3)cc2-c2cc(-c3ccccc3)ccc21. The van der Waals surface area contributed by atoms with E-state index in [0.29, 0.717) is 0 Å². The number of hydrogen-bond donors (Lipinski definition) is 1. The van der Waals surface area contributed by atoms with Crippen LogP contribution in [0.1, 0.15) is 13.8 Å². The van der Waals surface area contributed by atoms with Crippen LogP contribution in [0.3, 0.4) is 0 Å². The Hall–Kier alpha value is -4.63. The molecule has 1 N–H and O–H groups in total. The fourth-order valence-electron chi connectivity index (χ4n) is 6.83. The number of aliphatic hydroxyl groups is 1. The smallest absolute Gasteiger partial charge is 0.155 e. The van der Waals surface area contributed by atoms with Crippen molar-refractivity contribution in [2.24, 2.45) is 0 Å². The second-order valence-electron chi connectivity index (χ2n) is 11.3. The average Bonchev–Trinajstić information content (AvgIpc) is 3.52. The standard InChI is InChI=1S/C35H22NSi.C5H8O2.Pt/c1-3-10-24(11-4-1)26-17-19-32-29(22-26)30-23-27(25-12-5-2-6-13-25)18-20-33(30)37(32)31-15-8-7-14-28(31)35-34(37)16-9-21-36-35;1-4(6)3-5(2)7;/h1-13,15-23H;3,6H,1-2H3;/q-1;;/b;4-3-;. The summed E-state index contributed by atoms with van der Waals surface area (Å²) in [5, 5.41) is 14.1. The molecule has 0 radical (unpaired) electrons. The van der Waals surface area contributed by atoms with Crippen LogP contribution in [0.4, 0.5) is 0 Å². The van der Waals surface area contributed by atoms with Gasteiger partial charge in [-0.25, -0.2) is 0 Å². The number of rotatable bonds is 3. The average molecular weight is 780 g/mol. The van der Waals surface area contributed by atoms with Crippen LogP contribution in [0, 0.1) is 6.07 Å². The van der Waals surface area contributed by atoms with Gasteiger partial charge in [-0.2, -0.15) is 0 Å². The van der Waals surface area contributed by atoms with E-state index in [-0.39, 0.29) is 32.6 Å². The summed E-state index contributed by atoms with van der Waals surface area (Å²) < 4.78 is 0. The van der Waals surface area contributed by atoms with Crippen molar-refractivity contribution < 1.29 is 31.0 Å². The Bertz CT molecular complexity index is 1930. The van der Waals surface area contributed by atoms with Crippen molar-refractivity contribution >= 4 is 34.6 Å². The predicted molar refractivity (Wildman–Crippen MR) is 183 cm³/mol. The summed E-state index contributed by atoms with van der Waals surface area (Å²) in [4.78, 5) is 14.9. The number of carbonyl (C=O) groups excluding carboxylic acids is 1. The van der Waals surface area contributed by atoms with Gasteiger partial charge in [-0.05, 0) is 81.5 Å². The molecule has 0 fully saturated rings. The van der Waals surface area contributed by atoms with E-state index in [2.05, 4.69) is 127 Å². The molecule has 3 nitrogen and oxygen atoms in total. The molecule has 5 heteroatoms. The zero-order valence-corrected chi connectivity index (χ0v) is 28.2. The van der Waals surface area contributed by atoms with E-state index in [1.54, 1.807) is 0 Å². The molecule has 8 rings (SSSR count). The van der Waals surface area contributed by atoms with Crippen LogP contribution in [-0.2, 0) is 25.9 Å². The third kappa shape index (κ3) is 5.14. The van der Waals surface area contributed by atoms with E-state index in [0.717, 1.165) is 5.69 Å². The zero-order valence-electron chi connectivity index (χ0n) is 24.9. The van der Waals surface area contributed by atoms with Crippen LogP contribution in [0.25, 0.3) is 44.6 Å². The van der Waals surface area contributed by atoms with E-state index in [1.165, 1.54) is 79.6 Å². The summed E-state index contributed by atoms with van der Waals surface area (Å²) in [6.07, 6.45) is 3.09. The largest absolute Gasteiger partial charge is 0.512 e. The minimum atomic E-state index is -2.49. The van der Waals surface area contributed by atoms with Gasteiger partial charge in [0.1, 0.15) is 8.07 Å². The first kappa shape index (κ1) is 30.4. The molecule has 1 spiro atoms. The van der Waals surface area contributed by atoms with Crippen molar-refractivity contribution in [2.45, 2.75) is 13.8 Å². The zero-order chi connectivity index (χ0) is 30.3. The number of ketones is 1. The molecule has 3 heterocycles. The van der Waals surface area contributed by atoms with Gasteiger partial charge in [0.25, 0.3) is 0 Å². The third-order valence-electron chi connectivity index (χ3n) is 8.47. The molecule has 0 amide bonds. The normalized spacial score (nSPS) is 13.0. The van der Waals surface area contributed by atoms with Crippen LogP contribution in [-0.4, -0.2) is 23.9 Å². The molecular weight excluding hydrogens is 750 g/mol. The second kappa shape index (κ2) is 12.4. The summed E-state index contributed by atoms with van der Waals surface area (Å²) in [5.41, 5.74) is 9.98. The Labute approximate surface area is 279 Å². The number of hydrogen-bond acceptors (Lipinski definition) is 3. The Morgan fingerprint density at radius 2 is 1.22 bits per heavy atom. The van der Waals surface area contributed by atoms with E-state index in [1.807, 2.05) is 12.3 Å². The van der Waals surface area contributed by atoms with Gasteiger partial charge in [-0.15, -0.1) is 35.0 Å². The number of pyridine rings is 1.